The number of anilines is 1. The van der Waals surface area contributed by atoms with Gasteiger partial charge in [0.05, 0.1) is 18.2 Å². The van der Waals surface area contributed by atoms with Crippen molar-refractivity contribution in [3.8, 4) is 11.5 Å². The second kappa shape index (κ2) is 10.4. The van der Waals surface area contributed by atoms with E-state index in [9.17, 15) is 14.4 Å². The molecule has 0 atom stereocenters. The van der Waals surface area contributed by atoms with Crippen LogP contribution in [0.15, 0.2) is 64.6 Å². The zero-order valence-electron chi connectivity index (χ0n) is 16.1. The Bertz CT molecular complexity index is 1090. The van der Waals surface area contributed by atoms with Crippen LogP contribution in [0.1, 0.15) is 5.56 Å². The Morgan fingerprint density at radius 1 is 1.16 bits per heavy atom. The maximum absolute atomic E-state index is 12.1. The lowest BCUT2D eigenvalue weighted by molar-refractivity contribution is -0.129. The van der Waals surface area contributed by atoms with E-state index in [0.29, 0.717) is 22.4 Å². The summed E-state index contributed by atoms with van der Waals surface area (Å²) in [4.78, 5) is 34.7. The lowest BCUT2D eigenvalue weighted by Gasteiger charge is -2.09. The Balaban J connectivity index is 1.60. The van der Waals surface area contributed by atoms with E-state index in [-0.39, 0.29) is 16.4 Å². The SMILES string of the molecule is COc1cc(/C=N/NC(=S)Nc2ccccc2)ccc1OC(=O)/C=C1\SC(=O)NC1=O. The average molecular weight is 457 g/mol. The normalized spacial score (nSPS) is 14.4. The van der Waals surface area contributed by atoms with Crippen LogP contribution in [0, 0.1) is 0 Å². The number of benzene rings is 2. The maximum Gasteiger partial charge on any atom is 0.337 e. The van der Waals surface area contributed by atoms with E-state index < -0.39 is 17.1 Å². The first-order valence-electron chi connectivity index (χ1n) is 8.74. The molecule has 1 aliphatic rings. The molecule has 3 rings (SSSR count). The topological polar surface area (TPSA) is 118 Å². The Morgan fingerprint density at radius 3 is 2.61 bits per heavy atom. The van der Waals surface area contributed by atoms with Gasteiger partial charge in [-0.1, -0.05) is 18.2 Å². The molecule has 1 heterocycles. The van der Waals surface area contributed by atoms with E-state index in [1.54, 1.807) is 12.1 Å². The van der Waals surface area contributed by atoms with Crippen molar-refractivity contribution >= 4 is 58.1 Å². The van der Waals surface area contributed by atoms with Crippen LogP contribution in [-0.2, 0) is 9.59 Å². The van der Waals surface area contributed by atoms with Gasteiger partial charge in [0.1, 0.15) is 0 Å². The number of thioether (sulfide) groups is 1. The van der Waals surface area contributed by atoms with Crippen molar-refractivity contribution in [1.29, 1.82) is 0 Å². The van der Waals surface area contributed by atoms with Gasteiger partial charge in [0.15, 0.2) is 16.6 Å². The van der Waals surface area contributed by atoms with Crippen molar-refractivity contribution in [1.82, 2.24) is 10.7 Å². The van der Waals surface area contributed by atoms with Gasteiger partial charge in [0.25, 0.3) is 11.1 Å². The minimum atomic E-state index is -0.814. The van der Waals surface area contributed by atoms with Crippen LogP contribution in [-0.4, -0.2) is 35.6 Å². The zero-order chi connectivity index (χ0) is 22.2. The number of carbonyl (C=O) groups excluding carboxylic acids is 3. The highest BCUT2D eigenvalue weighted by Gasteiger charge is 2.26. The van der Waals surface area contributed by atoms with E-state index in [0.717, 1.165) is 11.8 Å². The molecule has 11 heteroatoms. The Hall–Kier alpha value is -3.70. The van der Waals surface area contributed by atoms with Crippen molar-refractivity contribution in [2.75, 3.05) is 12.4 Å². The molecule has 3 N–H and O–H groups in total. The summed E-state index contributed by atoms with van der Waals surface area (Å²) in [6, 6.07) is 14.2. The zero-order valence-corrected chi connectivity index (χ0v) is 17.7. The molecule has 9 nitrogen and oxygen atoms in total. The number of imide groups is 1. The molecule has 0 radical (unpaired) electrons. The summed E-state index contributed by atoms with van der Waals surface area (Å²) in [5.74, 6) is -1.03. The molecular weight excluding hydrogens is 440 g/mol. The van der Waals surface area contributed by atoms with Gasteiger partial charge in [0, 0.05) is 11.8 Å². The first-order valence-corrected chi connectivity index (χ1v) is 9.97. The summed E-state index contributed by atoms with van der Waals surface area (Å²) in [6.45, 7) is 0. The number of rotatable bonds is 6. The molecule has 0 aliphatic carbocycles. The van der Waals surface area contributed by atoms with Gasteiger partial charge in [-0.3, -0.25) is 20.3 Å². The molecule has 0 aromatic heterocycles. The number of nitrogens with zero attached hydrogens (tertiary/aromatic N) is 1. The first kappa shape index (κ1) is 22.0. The molecule has 1 saturated heterocycles. The quantitative estimate of drug-likeness (QED) is 0.151. The highest BCUT2D eigenvalue weighted by molar-refractivity contribution is 8.18. The van der Waals surface area contributed by atoms with Gasteiger partial charge >= 0.3 is 5.97 Å². The monoisotopic (exact) mass is 456 g/mol. The Kier molecular flexibility index (Phi) is 7.35. The number of carbonyl (C=O) groups is 3. The van der Waals surface area contributed by atoms with Crippen molar-refractivity contribution in [3.63, 3.8) is 0 Å². The van der Waals surface area contributed by atoms with E-state index in [2.05, 4.69) is 21.2 Å². The molecule has 31 heavy (non-hydrogen) atoms. The van der Waals surface area contributed by atoms with Crippen molar-refractivity contribution in [3.05, 3.63) is 65.1 Å². The van der Waals surface area contributed by atoms with Gasteiger partial charge in [-0.25, -0.2) is 4.79 Å². The highest BCUT2D eigenvalue weighted by Crippen LogP contribution is 2.29. The standard InChI is InChI=1S/C20H16N4O5S2/c1-28-15-9-12(11-21-24-19(30)22-13-5-3-2-4-6-13)7-8-14(15)29-17(25)10-16-18(26)23-20(27)31-16/h2-11H,1H3,(H2,22,24,30)(H,23,26,27)/b16-10-,21-11+. The number of methoxy groups -OCH3 is 1. The number of thiocarbonyl (C=S) groups is 1. The highest BCUT2D eigenvalue weighted by atomic mass is 32.2. The third kappa shape index (κ3) is 6.39. The number of ether oxygens (including phenoxy) is 2. The smallest absolute Gasteiger partial charge is 0.337 e. The van der Waals surface area contributed by atoms with Crippen LogP contribution in [0.25, 0.3) is 0 Å². The van der Waals surface area contributed by atoms with Gasteiger partial charge in [-0.15, -0.1) is 0 Å². The summed E-state index contributed by atoms with van der Waals surface area (Å²) in [7, 11) is 1.42. The lowest BCUT2D eigenvalue weighted by atomic mass is 10.2. The predicted octanol–water partition coefficient (Wildman–Crippen LogP) is 2.79. The van der Waals surface area contributed by atoms with Crippen LogP contribution in [0.3, 0.4) is 0 Å². The Labute approximate surface area is 186 Å². The summed E-state index contributed by atoms with van der Waals surface area (Å²) >= 11 is 5.79. The molecular formula is C20H16N4O5S2. The van der Waals surface area contributed by atoms with Crippen LogP contribution in [0.2, 0.25) is 0 Å². The molecule has 2 aromatic carbocycles. The first-order chi connectivity index (χ1) is 14.9. The second-order valence-electron chi connectivity index (χ2n) is 5.87. The fourth-order valence-corrected chi connectivity index (χ4v) is 3.17. The van der Waals surface area contributed by atoms with E-state index in [1.807, 2.05) is 30.3 Å². The van der Waals surface area contributed by atoms with Crippen molar-refractivity contribution in [2.24, 2.45) is 5.10 Å². The molecule has 2 amide bonds. The number of hydrogen-bond donors (Lipinski definition) is 3. The summed E-state index contributed by atoms with van der Waals surface area (Å²) < 4.78 is 10.5. The number of esters is 1. The molecule has 0 spiro atoms. The number of amides is 2. The van der Waals surface area contributed by atoms with Crippen LogP contribution in [0.4, 0.5) is 10.5 Å². The maximum atomic E-state index is 12.1. The van der Waals surface area contributed by atoms with E-state index in [4.69, 9.17) is 21.7 Å². The molecule has 0 saturated carbocycles. The Morgan fingerprint density at radius 2 is 1.94 bits per heavy atom. The third-order valence-corrected chi connectivity index (χ3v) is 4.70. The van der Waals surface area contributed by atoms with E-state index in [1.165, 1.54) is 19.4 Å². The molecule has 158 valence electrons. The number of para-hydroxylation sites is 1. The van der Waals surface area contributed by atoms with Gasteiger partial charge in [-0.05, 0) is 59.9 Å². The minimum Gasteiger partial charge on any atom is -0.493 e. The minimum absolute atomic E-state index is 0.0381. The molecule has 0 unspecified atom stereocenters. The fraction of sp³-hybridized carbons (Fsp3) is 0.0500. The third-order valence-electron chi connectivity index (χ3n) is 3.70. The largest absolute Gasteiger partial charge is 0.493 e. The number of hydrogen-bond acceptors (Lipinski definition) is 8. The fourth-order valence-electron chi connectivity index (χ4n) is 2.36. The lowest BCUT2D eigenvalue weighted by Crippen LogP contribution is -2.23. The summed E-state index contributed by atoms with van der Waals surface area (Å²) in [5.41, 5.74) is 4.18. The van der Waals surface area contributed by atoms with Crippen LogP contribution >= 0.6 is 24.0 Å². The van der Waals surface area contributed by atoms with Crippen molar-refractivity contribution < 1.29 is 23.9 Å². The molecule has 1 fully saturated rings. The average Bonchev–Trinajstić information content (AvgIpc) is 3.06. The molecule has 2 aromatic rings. The summed E-state index contributed by atoms with van der Waals surface area (Å²) in [5, 5.41) is 8.87. The number of hydrazone groups is 1. The van der Waals surface area contributed by atoms with Crippen LogP contribution in [0.5, 0.6) is 11.5 Å². The second-order valence-corrected chi connectivity index (χ2v) is 7.30. The van der Waals surface area contributed by atoms with Crippen molar-refractivity contribution in [2.45, 2.75) is 0 Å². The van der Waals surface area contributed by atoms with Gasteiger partial charge < -0.3 is 14.8 Å². The van der Waals surface area contributed by atoms with Gasteiger partial charge in [0.2, 0.25) is 0 Å². The molecule has 1 aliphatic heterocycles. The van der Waals surface area contributed by atoms with E-state index >= 15 is 0 Å². The summed E-state index contributed by atoms with van der Waals surface area (Å²) in [6.07, 6.45) is 2.46. The number of nitrogens with one attached hydrogen (secondary N) is 3. The van der Waals surface area contributed by atoms with Gasteiger partial charge in [-0.2, -0.15) is 5.10 Å². The van der Waals surface area contributed by atoms with Crippen LogP contribution < -0.4 is 25.5 Å². The molecule has 0 bridgehead atoms. The predicted molar refractivity (Wildman–Crippen MR) is 121 cm³/mol.